The Morgan fingerprint density at radius 1 is 1.45 bits per heavy atom. The topological polar surface area (TPSA) is 61.8 Å². The van der Waals surface area contributed by atoms with Crippen LogP contribution >= 0.6 is 0 Å². The first-order valence-corrected chi connectivity index (χ1v) is 6.83. The van der Waals surface area contributed by atoms with Gasteiger partial charge in [-0.15, -0.1) is 0 Å². The molecule has 0 spiro atoms. The maximum Gasteiger partial charge on any atom is 0.330 e. The highest BCUT2D eigenvalue weighted by atomic mass is 16.7. The third kappa shape index (κ3) is 3.60. The van der Waals surface area contributed by atoms with Gasteiger partial charge in [-0.25, -0.2) is 4.79 Å². The van der Waals surface area contributed by atoms with Crippen LogP contribution in [0.1, 0.15) is 41.5 Å². The zero-order chi connectivity index (χ0) is 15.6. The molecular formula is C15H24O5. The van der Waals surface area contributed by atoms with E-state index in [4.69, 9.17) is 14.2 Å². The van der Waals surface area contributed by atoms with Gasteiger partial charge in [-0.3, -0.25) is 4.79 Å². The second kappa shape index (κ2) is 5.95. The first kappa shape index (κ1) is 16.7. The van der Waals surface area contributed by atoms with Crippen molar-refractivity contribution in [2.75, 3.05) is 6.61 Å². The summed E-state index contributed by atoms with van der Waals surface area (Å²) in [6.07, 6.45) is 1.77. The van der Waals surface area contributed by atoms with Crippen LogP contribution in [0, 0.1) is 10.8 Å². The quantitative estimate of drug-likeness (QED) is 0.588. The third-order valence-corrected chi connectivity index (χ3v) is 3.39. The monoisotopic (exact) mass is 284 g/mol. The molecule has 5 heteroatoms. The predicted octanol–water partition coefficient (Wildman–Crippen LogP) is 2.45. The number of hydrogen-bond acceptors (Lipinski definition) is 5. The van der Waals surface area contributed by atoms with Gasteiger partial charge in [-0.05, 0) is 20.8 Å². The van der Waals surface area contributed by atoms with Crippen LogP contribution in [0.4, 0.5) is 0 Å². The SMILES string of the molecule is CCOC(=O)/C=C\[C@]1(C)C(=O)O[C@H](C(C)(C)C)O[C@@H]1C. The van der Waals surface area contributed by atoms with Crippen LogP contribution in [0.25, 0.3) is 0 Å². The molecule has 1 saturated heterocycles. The molecule has 1 heterocycles. The van der Waals surface area contributed by atoms with Crippen molar-refractivity contribution in [2.24, 2.45) is 10.8 Å². The van der Waals surface area contributed by atoms with Gasteiger partial charge >= 0.3 is 11.9 Å². The van der Waals surface area contributed by atoms with Gasteiger partial charge < -0.3 is 14.2 Å². The summed E-state index contributed by atoms with van der Waals surface area (Å²) < 4.78 is 16.0. The van der Waals surface area contributed by atoms with Crippen LogP contribution in [0.2, 0.25) is 0 Å². The third-order valence-electron chi connectivity index (χ3n) is 3.39. The summed E-state index contributed by atoms with van der Waals surface area (Å²) in [7, 11) is 0. The van der Waals surface area contributed by atoms with Crippen molar-refractivity contribution in [3.05, 3.63) is 12.2 Å². The van der Waals surface area contributed by atoms with Crippen LogP contribution in [-0.4, -0.2) is 30.9 Å². The highest BCUT2D eigenvalue weighted by Crippen LogP contribution is 2.38. The Morgan fingerprint density at radius 2 is 2.05 bits per heavy atom. The maximum absolute atomic E-state index is 12.2. The van der Waals surface area contributed by atoms with E-state index in [0.29, 0.717) is 6.61 Å². The minimum absolute atomic E-state index is 0.294. The van der Waals surface area contributed by atoms with Gasteiger partial charge in [-0.1, -0.05) is 26.8 Å². The summed E-state index contributed by atoms with van der Waals surface area (Å²) in [6.45, 7) is 11.3. The van der Waals surface area contributed by atoms with Gasteiger partial charge in [0, 0.05) is 11.5 Å². The fraction of sp³-hybridized carbons (Fsp3) is 0.733. The molecule has 0 radical (unpaired) electrons. The van der Waals surface area contributed by atoms with E-state index in [1.807, 2.05) is 20.8 Å². The van der Waals surface area contributed by atoms with Crippen molar-refractivity contribution in [3.8, 4) is 0 Å². The summed E-state index contributed by atoms with van der Waals surface area (Å²) >= 11 is 0. The van der Waals surface area contributed by atoms with Crippen molar-refractivity contribution in [1.29, 1.82) is 0 Å². The first-order chi connectivity index (χ1) is 9.11. The largest absolute Gasteiger partial charge is 0.463 e. The molecule has 0 unspecified atom stereocenters. The molecule has 0 bridgehead atoms. The summed E-state index contributed by atoms with van der Waals surface area (Å²) in [6, 6.07) is 0. The molecule has 5 nitrogen and oxygen atoms in total. The smallest absolute Gasteiger partial charge is 0.330 e. The van der Waals surface area contributed by atoms with Crippen LogP contribution in [0.3, 0.4) is 0 Å². The number of esters is 2. The standard InChI is InChI=1S/C15H24O5/c1-7-18-11(16)8-9-15(6)10(2)19-13(14(3,4)5)20-12(15)17/h8-10,13H,7H2,1-6H3/b9-8-/t10-,13-,15+/m1/s1. The van der Waals surface area contributed by atoms with Gasteiger partial charge in [0.25, 0.3) is 0 Å². The predicted molar refractivity (Wildman–Crippen MR) is 73.8 cm³/mol. The van der Waals surface area contributed by atoms with Crippen LogP contribution in [0.15, 0.2) is 12.2 Å². The Hall–Kier alpha value is -1.36. The van der Waals surface area contributed by atoms with Crippen molar-refractivity contribution in [2.45, 2.75) is 53.9 Å². The molecule has 0 aromatic rings. The highest BCUT2D eigenvalue weighted by molar-refractivity contribution is 5.86. The highest BCUT2D eigenvalue weighted by Gasteiger charge is 2.48. The lowest BCUT2D eigenvalue weighted by Gasteiger charge is -2.43. The molecule has 1 aliphatic heterocycles. The van der Waals surface area contributed by atoms with E-state index in [2.05, 4.69) is 0 Å². The minimum Gasteiger partial charge on any atom is -0.463 e. The molecule has 3 atom stereocenters. The van der Waals surface area contributed by atoms with Crippen LogP contribution in [-0.2, 0) is 23.8 Å². The van der Waals surface area contributed by atoms with Crippen LogP contribution < -0.4 is 0 Å². The summed E-state index contributed by atoms with van der Waals surface area (Å²) in [5, 5.41) is 0. The molecule has 0 saturated carbocycles. The Labute approximate surface area is 120 Å². The van der Waals surface area contributed by atoms with Crippen molar-refractivity contribution in [3.63, 3.8) is 0 Å². The summed E-state index contributed by atoms with van der Waals surface area (Å²) in [5.74, 6) is -0.872. The van der Waals surface area contributed by atoms with Gasteiger partial charge in [0.15, 0.2) is 0 Å². The van der Waals surface area contributed by atoms with E-state index >= 15 is 0 Å². The Kier molecular flexibility index (Phi) is 4.97. The molecule has 0 N–H and O–H groups in total. The number of carbonyl (C=O) groups is 2. The lowest BCUT2D eigenvalue weighted by molar-refractivity contribution is -0.263. The van der Waals surface area contributed by atoms with Gasteiger partial charge in [0.05, 0.1) is 12.7 Å². The summed E-state index contributed by atoms with van der Waals surface area (Å²) in [5.41, 5.74) is -1.29. The van der Waals surface area contributed by atoms with Gasteiger partial charge in [0.2, 0.25) is 6.29 Å². The number of carbonyl (C=O) groups excluding carboxylic acids is 2. The van der Waals surface area contributed by atoms with Crippen molar-refractivity contribution < 1.29 is 23.8 Å². The van der Waals surface area contributed by atoms with Crippen molar-refractivity contribution >= 4 is 11.9 Å². The molecule has 0 aromatic carbocycles. The van der Waals surface area contributed by atoms with Crippen molar-refractivity contribution in [1.82, 2.24) is 0 Å². The molecule has 1 aliphatic rings. The maximum atomic E-state index is 12.2. The average Bonchev–Trinajstić information content (AvgIpc) is 2.32. The van der Waals surface area contributed by atoms with E-state index in [1.54, 1.807) is 20.8 Å². The molecular weight excluding hydrogens is 260 g/mol. The van der Waals surface area contributed by atoms with E-state index in [9.17, 15) is 9.59 Å². The second-order valence-electron chi connectivity index (χ2n) is 6.25. The lowest BCUT2D eigenvalue weighted by atomic mass is 9.82. The Morgan fingerprint density at radius 3 is 2.50 bits per heavy atom. The number of ether oxygens (including phenoxy) is 3. The molecule has 0 aliphatic carbocycles. The number of cyclic esters (lactones) is 1. The van der Waals surface area contributed by atoms with E-state index in [1.165, 1.54) is 12.2 Å². The molecule has 114 valence electrons. The van der Waals surface area contributed by atoms with Gasteiger partial charge in [-0.2, -0.15) is 0 Å². The van der Waals surface area contributed by atoms with Crippen LogP contribution in [0.5, 0.6) is 0 Å². The van der Waals surface area contributed by atoms with E-state index in [-0.39, 0.29) is 5.41 Å². The zero-order valence-electron chi connectivity index (χ0n) is 13.1. The molecule has 0 aromatic heterocycles. The lowest BCUT2D eigenvalue weighted by Crippen LogP contribution is -2.52. The van der Waals surface area contributed by atoms with E-state index in [0.717, 1.165) is 0 Å². The molecule has 0 amide bonds. The fourth-order valence-corrected chi connectivity index (χ4v) is 1.76. The molecule has 20 heavy (non-hydrogen) atoms. The second-order valence-corrected chi connectivity index (χ2v) is 6.25. The molecule has 1 rings (SSSR count). The Balaban J connectivity index is 2.86. The average molecular weight is 284 g/mol. The normalized spacial score (nSPS) is 31.2. The number of rotatable bonds is 3. The Bertz CT molecular complexity index is 407. The first-order valence-electron chi connectivity index (χ1n) is 6.83. The van der Waals surface area contributed by atoms with E-state index < -0.39 is 29.7 Å². The minimum atomic E-state index is -0.992. The molecule has 1 fully saturated rings. The van der Waals surface area contributed by atoms with Gasteiger partial charge in [0.1, 0.15) is 5.41 Å². The number of hydrogen-bond donors (Lipinski definition) is 0. The fourth-order valence-electron chi connectivity index (χ4n) is 1.76. The zero-order valence-corrected chi connectivity index (χ0v) is 13.1. The summed E-state index contributed by atoms with van der Waals surface area (Å²) in [4.78, 5) is 23.6.